The largest absolute Gasteiger partial charge is 0.444 e. The molecule has 0 atom stereocenters. The first-order valence-electron chi connectivity index (χ1n) is 5.66. The Hall–Kier alpha value is -1.99. The summed E-state index contributed by atoms with van der Waals surface area (Å²) in [7, 11) is 1.52. The molecule has 0 fully saturated rings. The molecule has 0 spiro atoms. The minimum Gasteiger partial charge on any atom is -0.444 e. The maximum Gasteiger partial charge on any atom is 0.411 e. The van der Waals surface area contributed by atoms with Crippen LogP contribution in [0.25, 0.3) is 0 Å². The summed E-state index contributed by atoms with van der Waals surface area (Å²) in [6, 6.07) is 9.50. The van der Waals surface area contributed by atoms with E-state index in [2.05, 4.69) is 5.92 Å². The summed E-state index contributed by atoms with van der Waals surface area (Å²) in [5.41, 5.74) is 0.945. The highest BCUT2D eigenvalue weighted by atomic mass is 16.6. The fourth-order valence-electron chi connectivity index (χ4n) is 1.37. The van der Waals surface area contributed by atoms with Crippen molar-refractivity contribution in [2.75, 3.05) is 20.4 Å². The molecular formula is C14H17NO3. The standard InChI is InChI=1S/C14H17NO3/c1-3-4-10-15(12-17-2)14(16)18-11-13-8-6-5-7-9-13/h1,5-9H,4,10-12H2,2H3. The van der Waals surface area contributed by atoms with Gasteiger partial charge in [0.15, 0.2) is 0 Å². The highest BCUT2D eigenvalue weighted by Crippen LogP contribution is 2.03. The summed E-state index contributed by atoms with van der Waals surface area (Å²) in [5.74, 6) is 2.48. The summed E-state index contributed by atoms with van der Waals surface area (Å²) in [6.07, 6.45) is 5.22. The number of nitrogens with zero attached hydrogens (tertiary/aromatic N) is 1. The predicted molar refractivity (Wildman–Crippen MR) is 68.7 cm³/mol. The Labute approximate surface area is 107 Å². The number of benzene rings is 1. The lowest BCUT2D eigenvalue weighted by molar-refractivity contribution is 0.0391. The monoisotopic (exact) mass is 247 g/mol. The van der Waals surface area contributed by atoms with Gasteiger partial charge in [-0.2, -0.15) is 0 Å². The second-order valence-electron chi connectivity index (χ2n) is 3.68. The third-order valence-corrected chi connectivity index (χ3v) is 2.27. The van der Waals surface area contributed by atoms with Crippen LogP contribution in [0.3, 0.4) is 0 Å². The van der Waals surface area contributed by atoms with E-state index in [0.29, 0.717) is 13.0 Å². The average Bonchev–Trinajstić information content (AvgIpc) is 2.42. The zero-order valence-corrected chi connectivity index (χ0v) is 10.5. The van der Waals surface area contributed by atoms with Crippen LogP contribution < -0.4 is 0 Å². The summed E-state index contributed by atoms with van der Waals surface area (Å²) in [6.45, 7) is 0.850. The van der Waals surface area contributed by atoms with E-state index >= 15 is 0 Å². The van der Waals surface area contributed by atoms with Crippen LogP contribution in [0.2, 0.25) is 0 Å². The molecule has 0 radical (unpaired) electrons. The molecule has 1 aromatic carbocycles. The van der Waals surface area contributed by atoms with Crippen molar-refractivity contribution in [3.05, 3.63) is 35.9 Å². The first-order valence-corrected chi connectivity index (χ1v) is 5.66. The van der Waals surface area contributed by atoms with Crippen molar-refractivity contribution in [1.29, 1.82) is 0 Å². The first kappa shape index (κ1) is 14.1. The molecule has 0 N–H and O–H groups in total. The van der Waals surface area contributed by atoms with Gasteiger partial charge in [0, 0.05) is 20.1 Å². The van der Waals surface area contributed by atoms with Gasteiger partial charge < -0.3 is 9.47 Å². The lowest BCUT2D eigenvalue weighted by Crippen LogP contribution is -2.34. The summed E-state index contributed by atoms with van der Waals surface area (Å²) >= 11 is 0. The smallest absolute Gasteiger partial charge is 0.411 e. The van der Waals surface area contributed by atoms with Gasteiger partial charge in [0.2, 0.25) is 0 Å². The third-order valence-electron chi connectivity index (χ3n) is 2.27. The Balaban J connectivity index is 2.43. The zero-order chi connectivity index (χ0) is 13.2. The van der Waals surface area contributed by atoms with Crippen LogP contribution >= 0.6 is 0 Å². The van der Waals surface area contributed by atoms with E-state index in [0.717, 1.165) is 5.56 Å². The zero-order valence-electron chi connectivity index (χ0n) is 10.5. The van der Waals surface area contributed by atoms with E-state index in [-0.39, 0.29) is 13.3 Å². The van der Waals surface area contributed by atoms with Gasteiger partial charge >= 0.3 is 6.09 Å². The first-order chi connectivity index (χ1) is 8.77. The Morgan fingerprint density at radius 3 is 2.72 bits per heavy atom. The van der Waals surface area contributed by atoms with E-state index in [9.17, 15) is 4.79 Å². The molecule has 0 aliphatic rings. The average molecular weight is 247 g/mol. The Bertz CT molecular complexity index is 397. The Morgan fingerprint density at radius 2 is 2.11 bits per heavy atom. The predicted octanol–water partition coefficient (Wildman–Crippen LogP) is 2.25. The SMILES string of the molecule is C#CCCN(COC)C(=O)OCc1ccccc1. The minimum absolute atomic E-state index is 0.176. The normalized spacial score (nSPS) is 9.56. The maximum absolute atomic E-state index is 11.8. The molecule has 0 saturated heterocycles. The second-order valence-corrected chi connectivity index (χ2v) is 3.68. The third kappa shape index (κ3) is 4.89. The molecule has 4 nitrogen and oxygen atoms in total. The van der Waals surface area contributed by atoms with E-state index in [4.69, 9.17) is 15.9 Å². The second kappa shape index (κ2) is 8.15. The van der Waals surface area contributed by atoms with E-state index in [1.807, 2.05) is 30.3 Å². The molecule has 1 amide bonds. The number of ether oxygens (including phenoxy) is 2. The molecule has 4 heteroatoms. The molecule has 96 valence electrons. The minimum atomic E-state index is -0.420. The molecular weight excluding hydrogens is 230 g/mol. The number of methoxy groups -OCH3 is 1. The molecule has 1 aromatic rings. The topological polar surface area (TPSA) is 38.8 Å². The van der Waals surface area contributed by atoms with Crippen molar-refractivity contribution in [2.45, 2.75) is 13.0 Å². The van der Waals surface area contributed by atoms with Gasteiger partial charge in [-0.15, -0.1) is 12.3 Å². The van der Waals surface area contributed by atoms with Crippen LogP contribution in [-0.2, 0) is 16.1 Å². The number of terminal acetylenes is 1. The van der Waals surface area contributed by atoms with Crippen LogP contribution in [-0.4, -0.2) is 31.4 Å². The van der Waals surface area contributed by atoms with E-state index in [1.54, 1.807) is 0 Å². The number of carbonyl (C=O) groups is 1. The number of carbonyl (C=O) groups excluding carboxylic acids is 1. The van der Waals surface area contributed by atoms with Crippen LogP contribution in [0.4, 0.5) is 4.79 Å². The summed E-state index contributed by atoms with van der Waals surface area (Å²) in [5, 5.41) is 0. The van der Waals surface area contributed by atoms with Gasteiger partial charge in [0.05, 0.1) is 0 Å². The lowest BCUT2D eigenvalue weighted by atomic mass is 10.2. The molecule has 0 aliphatic heterocycles. The molecule has 1 rings (SSSR count). The summed E-state index contributed by atoms with van der Waals surface area (Å²) in [4.78, 5) is 13.2. The Morgan fingerprint density at radius 1 is 1.39 bits per heavy atom. The molecule has 0 aromatic heterocycles. The fourth-order valence-corrected chi connectivity index (χ4v) is 1.37. The quantitative estimate of drug-likeness (QED) is 0.571. The van der Waals surface area contributed by atoms with Crippen LogP contribution in [0.15, 0.2) is 30.3 Å². The van der Waals surface area contributed by atoms with Gasteiger partial charge in [-0.3, -0.25) is 4.90 Å². The number of amides is 1. The van der Waals surface area contributed by atoms with Gasteiger partial charge in [0.25, 0.3) is 0 Å². The van der Waals surface area contributed by atoms with Crippen LogP contribution in [0, 0.1) is 12.3 Å². The number of rotatable bonds is 6. The van der Waals surface area contributed by atoms with Gasteiger partial charge in [-0.25, -0.2) is 4.79 Å². The van der Waals surface area contributed by atoms with Crippen molar-refractivity contribution in [3.63, 3.8) is 0 Å². The number of hydrogen-bond acceptors (Lipinski definition) is 3. The van der Waals surface area contributed by atoms with Crippen molar-refractivity contribution in [3.8, 4) is 12.3 Å². The lowest BCUT2D eigenvalue weighted by Gasteiger charge is -2.20. The van der Waals surface area contributed by atoms with Crippen LogP contribution in [0.5, 0.6) is 0 Å². The number of hydrogen-bond donors (Lipinski definition) is 0. The molecule has 0 heterocycles. The van der Waals surface area contributed by atoms with Crippen molar-refractivity contribution in [2.24, 2.45) is 0 Å². The van der Waals surface area contributed by atoms with Gasteiger partial charge in [0.1, 0.15) is 13.3 Å². The molecule has 0 saturated carbocycles. The molecule has 18 heavy (non-hydrogen) atoms. The molecule has 0 aliphatic carbocycles. The van der Waals surface area contributed by atoms with Crippen LogP contribution in [0.1, 0.15) is 12.0 Å². The van der Waals surface area contributed by atoms with E-state index in [1.165, 1.54) is 12.0 Å². The maximum atomic E-state index is 11.8. The van der Waals surface area contributed by atoms with Crippen molar-refractivity contribution >= 4 is 6.09 Å². The van der Waals surface area contributed by atoms with Gasteiger partial charge in [-0.1, -0.05) is 30.3 Å². The van der Waals surface area contributed by atoms with E-state index < -0.39 is 6.09 Å². The molecule has 0 bridgehead atoms. The molecule has 0 unspecified atom stereocenters. The summed E-state index contributed by atoms with van der Waals surface area (Å²) < 4.78 is 10.1. The fraction of sp³-hybridized carbons (Fsp3) is 0.357. The van der Waals surface area contributed by atoms with Crippen molar-refractivity contribution in [1.82, 2.24) is 4.90 Å². The highest BCUT2D eigenvalue weighted by Gasteiger charge is 2.13. The highest BCUT2D eigenvalue weighted by molar-refractivity contribution is 5.67. The van der Waals surface area contributed by atoms with Gasteiger partial charge in [-0.05, 0) is 5.56 Å². The Kier molecular flexibility index (Phi) is 6.37. The van der Waals surface area contributed by atoms with Crippen molar-refractivity contribution < 1.29 is 14.3 Å².